The number of nitrogens with zero attached hydrogens (tertiary/aromatic N) is 1. The average Bonchev–Trinajstić information content (AvgIpc) is 2.80. The fourth-order valence-electron chi connectivity index (χ4n) is 3.18. The normalized spacial score (nSPS) is 39.0. The molecule has 2 fully saturated rings. The van der Waals surface area contributed by atoms with E-state index in [1.54, 1.807) is 0 Å². The summed E-state index contributed by atoms with van der Waals surface area (Å²) >= 11 is 0. The summed E-state index contributed by atoms with van der Waals surface area (Å²) in [5.74, 6) is 1.20. The number of aliphatic hydroxyl groups is 1. The molecular weight excluding hydrogens is 200 g/mol. The summed E-state index contributed by atoms with van der Waals surface area (Å²) in [5, 5.41) is 10.6. The van der Waals surface area contributed by atoms with Crippen molar-refractivity contribution in [2.45, 2.75) is 51.2 Å². The third-order valence-electron chi connectivity index (χ3n) is 4.54. The summed E-state index contributed by atoms with van der Waals surface area (Å²) in [6, 6.07) is 0. The van der Waals surface area contributed by atoms with E-state index in [-0.39, 0.29) is 5.54 Å². The molecule has 1 saturated heterocycles. The second-order valence-electron chi connectivity index (χ2n) is 6.37. The fourth-order valence-corrected chi connectivity index (χ4v) is 3.18. The zero-order valence-corrected chi connectivity index (χ0v) is 10.9. The van der Waals surface area contributed by atoms with Gasteiger partial charge in [-0.2, -0.15) is 0 Å². The highest BCUT2D eigenvalue weighted by Crippen LogP contribution is 2.52. The summed E-state index contributed by atoms with van der Waals surface area (Å²) in [6.07, 6.45) is 2.69. The molecule has 1 heterocycles. The van der Waals surface area contributed by atoms with Gasteiger partial charge in [0.1, 0.15) is 0 Å². The first-order valence-electron chi connectivity index (χ1n) is 6.61. The van der Waals surface area contributed by atoms with E-state index in [0.717, 1.165) is 38.9 Å². The topological polar surface area (TPSA) is 49.5 Å². The molecule has 94 valence electrons. The second-order valence-corrected chi connectivity index (χ2v) is 6.37. The number of hydrogen-bond acceptors (Lipinski definition) is 3. The van der Waals surface area contributed by atoms with Gasteiger partial charge in [-0.25, -0.2) is 0 Å². The molecule has 0 amide bonds. The summed E-state index contributed by atoms with van der Waals surface area (Å²) in [5.41, 5.74) is 5.40. The van der Waals surface area contributed by atoms with Crippen LogP contribution in [0.25, 0.3) is 0 Å². The first-order chi connectivity index (χ1) is 7.37. The van der Waals surface area contributed by atoms with Gasteiger partial charge in [-0.05, 0) is 31.1 Å². The van der Waals surface area contributed by atoms with Gasteiger partial charge in [0.2, 0.25) is 0 Å². The van der Waals surface area contributed by atoms with Gasteiger partial charge in [0.25, 0.3) is 0 Å². The van der Waals surface area contributed by atoms with Gasteiger partial charge in [-0.15, -0.1) is 0 Å². The van der Waals surface area contributed by atoms with Crippen LogP contribution in [0, 0.1) is 11.8 Å². The summed E-state index contributed by atoms with van der Waals surface area (Å²) in [6.45, 7) is 9.78. The highest BCUT2D eigenvalue weighted by atomic mass is 16.3. The molecule has 3 N–H and O–H groups in total. The largest absolute Gasteiger partial charge is 0.388 e. The molecule has 0 radical (unpaired) electrons. The van der Waals surface area contributed by atoms with E-state index in [0.29, 0.717) is 11.8 Å². The van der Waals surface area contributed by atoms with Crippen molar-refractivity contribution in [2.24, 2.45) is 17.6 Å². The summed E-state index contributed by atoms with van der Waals surface area (Å²) < 4.78 is 0. The Morgan fingerprint density at radius 2 is 1.88 bits per heavy atom. The standard InChI is InChI=1S/C13H26N2O/c1-10(2)9-15-6-4-12(16,5-7-15)13(14)8-11(13)3/h10-11,16H,4-9,14H2,1-3H3. The van der Waals surface area contributed by atoms with Crippen LogP contribution in [0.5, 0.6) is 0 Å². The van der Waals surface area contributed by atoms with Crippen LogP contribution in [0.2, 0.25) is 0 Å². The van der Waals surface area contributed by atoms with Gasteiger partial charge >= 0.3 is 0 Å². The monoisotopic (exact) mass is 226 g/mol. The van der Waals surface area contributed by atoms with E-state index < -0.39 is 5.60 Å². The Morgan fingerprint density at radius 1 is 1.38 bits per heavy atom. The molecule has 1 aliphatic heterocycles. The van der Waals surface area contributed by atoms with Crippen LogP contribution >= 0.6 is 0 Å². The van der Waals surface area contributed by atoms with Gasteiger partial charge in [0, 0.05) is 25.2 Å². The number of nitrogens with two attached hydrogens (primary N) is 1. The highest BCUT2D eigenvalue weighted by molar-refractivity contribution is 5.19. The van der Waals surface area contributed by atoms with Gasteiger partial charge in [0.05, 0.1) is 5.60 Å². The third kappa shape index (κ3) is 2.01. The van der Waals surface area contributed by atoms with E-state index in [4.69, 9.17) is 5.73 Å². The smallest absolute Gasteiger partial charge is 0.0853 e. The van der Waals surface area contributed by atoms with Gasteiger partial charge in [0.15, 0.2) is 0 Å². The quantitative estimate of drug-likeness (QED) is 0.760. The molecule has 2 aliphatic rings. The van der Waals surface area contributed by atoms with E-state index in [9.17, 15) is 5.11 Å². The van der Waals surface area contributed by atoms with Gasteiger partial charge < -0.3 is 15.7 Å². The highest BCUT2D eigenvalue weighted by Gasteiger charge is 2.61. The van der Waals surface area contributed by atoms with Crippen LogP contribution in [0.3, 0.4) is 0 Å². The maximum Gasteiger partial charge on any atom is 0.0853 e. The minimum atomic E-state index is -0.597. The summed E-state index contributed by atoms with van der Waals surface area (Å²) in [4.78, 5) is 2.45. The Kier molecular flexibility index (Phi) is 3.06. The van der Waals surface area contributed by atoms with Crippen molar-refractivity contribution >= 4 is 0 Å². The van der Waals surface area contributed by atoms with Crippen molar-refractivity contribution in [1.29, 1.82) is 0 Å². The molecule has 3 nitrogen and oxygen atoms in total. The lowest BCUT2D eigenvalue weighted by Crippen LogP contribution is -2.57. The van der Waals surface area contributed by atoms with Crippen molar-refractivity contribution in [3.05, 3.63) is 0 Å². The van der Waals surface area contributed by atoms with Crippen molar-refractivity contribution < 1.29 is 5.11 Å². The molecule has 2 atom stereocenters. The molecule has 1 aliphatic carbocycles. The molecule has 0 aromatic rings. The van der Waals surface area contributed by atoms with E-state index >= 15 is 0 Å². The number of piperidine rings is 1. The number of rotatable bonds is 3. The molecule has 2 unspecified atom stereocenters. The van der Waals surface area contributed by atoms with Crippen LogP contribution < -0.4 is 5.73 Å². The molecule has 0 aromatic carbocycles. The molecule has 16 heavy (non-hydrogen) atoms. The molecule has 1 saturated carbocycles. The van der Waals surface area contributed by atoms with Crippen molar-refractivity contribution in [1.82, 2.24) is 4.90 Å². The van der Waals surface area contributed by atoms with Gasteiger partial charge in [-0.1, -0.05) is 20.8 Å². The van der Waals surface area contributed by atoms with Crippen molar-refractivity contribution in [3.8, 4) is 0 Å². The maximum atomic E-state index is 10.6. The lowest BCUT2D eigenvalue weighted by atomic mass is 9.81. The molecular formula is C13H26N2O. The first-order valence-corrected chi connectivity index (χ1v) is 6.61. The first kappa shape index (κ1) is 12.3. The number of hydrogen-bond donors (Lipinski definition) is 2. The lowest BCUT2D eigenvalue weighted by Gasteiger charge is -2.43. The van der Waals surface area contributed by atoms with Crippen LogP contribution in [-0.2, 0) is 0 Å². The van der Waals surface area contributed by atoms with Crippen LogP contribution in [-0.4, -0.2) is 40.8 Å². The minimum absolute atomic E-state index is 0.281. The number of likely N-dealkylation sites (tertiary alicyclic amines) is 1. The Balaban J connectivity index is 1.89. The maximum absolute atomic E-state index is 10.6. The van der Waals surface area contributed by atoms with E-state index in [1.807, 2.05) is 0 Å². The summed E-state index contributed by atoms with van der Waals surface area (Å²) in [7, 11) is 0. The van der Waals surface area contributed by atoms with Crippen LogP contribution in [0.1, 0.15) is 40.0 Å². The average molecular weight is 226 g/mol. The Hall–Kier alpha value is -0.120. The predicted molar refractivity (Wildman–Crippen MR) is 66.2 cm³/mol. The third-order valence-corrected chi connectivity index (χ3v) is 4.54. The zero-order valence-electron chi connectivity index (χ0n) is 10.9. The zero-order chi connectivity index (χ0) is 12.0. The molecule has 2 rings (SSSR count). The fraction of sp³-hybridized carbons (Fsp3) is 1.00. The van der Waals surface area contributed by atoms with Crippen molar-refractivity contribution in [3.63, 3.8) is 0 Å². The van der Waals surface area contributed by atoms with Crippen molar-refractivity contribution in [2.75, 3.05) is 19.6 Å². The van der Waals surface area contributed by atoms with Crippen LogP contribution in [0.15, 0.2) is 0 Å². The lowest BCUT2D eigenvalue weighted by molar-refractivity contribution is -0.0544. The Labute approximate surface area is 99.0 Å². The Morgan fingerprint density at radius 3 is 2.25 bits per heavy atom. The molecule has 3 heteroatoms. The van der Waals surface area contributed by atoms with Gasteiger partial charge in [-0.3, -0.25) is 0 Å². The molecule has 0 bridgehead atoms. The molecule has 0 spiro atoms. The van der Waals surface area contributed by atoms with E-state index in [1.165, 1.54) is 0 Å². The SMILES string of the molecule is CC(C)CN1CCC(O)(C2(N)CC2C)CC1. The second kappa shape index (κ2) is 3.97. The Bertz CT molecular complexity index is 259. The predicted octanol–water partition coefficient (Wildman–Crippen LogP) is 1.21. The molecule has 0 aromatic heterocycles. The minimum Gasteiger partial charge on any atom is -0.388 e. The van der Waals surface area contributed by atoms with E-state index in [2.05, 4.69) is 25.7 Å². The van der Waals surface area contributed by atoms with Crippen LogP contribution in [0.4, 0.5) is 0 Å².